The Balaban J connectivity index is 1.40. The van der Waals surface area contributed by atoms with E-state index in [4.69, 9.17) is 5.73 Å². The minimum absolute atomic E-state index is 0.281. The molecule has 2 aromatic rings. The highest BCUT2D eigenvalue weighted by molar-refractivity contribution is 5.92. The number of benzene rings is 2. The highest BCUT2D eigenvalue weighted by atomic mass is 19.1. The number of piperidine rings is 1. The van der Waals surface area contributed by atoms with Crippen molar-refractivity contribution in [1.82, 2.24) is 9.80 Å². The van der Waals surface area contributed by atoms with E-state index in [9.17, 15) is 19.1 Å². The predicted octanol–water partition coefficient (Wildman–Crippen LogP) is 2.66. The van der Waals surface area contributed by atoms with E-state index < -0.39 is 12.5 Å². The number of rotatable bonds is 8. The zero-order valence-electron chi connectivity index (χ0n) is 18.1. The Bertz CT molecular complexity index is 968. The molecule has 2 aliphatic heterocycles. The highest BCUT2D eigenvalue weighted by Crippen LogP contribution is 2.43. The number of hydrogen-bond donors (Lipinski definition) is 2. The molecule has 2 fully saturated rings. The van der Waals surface area contributed by atoms with Gasteiger partial charge in [-0.05, 0) is 67.0 Å². The Hall–Kier alpha value is -2.77. The van der Waals surface area contributed by atoms with Gasteiger partial charge in [0.1, 0.15) is 12.4 Å². The molecule has 2 aliphatic rings. The van der Waals surface area contributed by atoms with Crippen LogP contribution in [-0.4, -0.2) is 58.5 Å². The third-order valence-electron chi connectivity index (χ3n) is 6.91. The van der Waals surface area contributed by atoms with Gasteiger partial charge in [-0.2, -0.15) is 0 Å². The van der Waals surface area contributed by atoms with Gasteiger partial charge in [0.05, 0.1) is 0 Å². The van der Waals surface area contributed by atoms with Crippen molar-refractivity contribution in [1.29, 1.82) is 0 Å². The Labute approximate surface area is 187 Å². The number of primary amides is 1. The number of halogens is 1. The van der Waals surface area contributed by atoms with Crippen molar-refractivity contribution in [3.63, 3.8) is 0 Å². The first-order chi connectivity index (χ1) is 15.4. The largest absolute Gasteiger partial charge is 0.387 e. The predicted molar refractivity (Wildman–Crippen MR) is 119 cm³/mol. The SMILES string of the molecule is NC(=O)c1cccc(C2C[C@H]3CC[C@@H](C2)N3CCN(Cc2cccc(F)c2)C(=O)CO)c1. The molecule has 2 amide bonds. The van der Waals surface area contributed by atoms with Gasteiger partial charge in [-0.25, -0.2) is 4.39 Å². The summed E-state index contributed by atoms with van der Waals surface area (Å²) in [6.45, 7) is 0.943. The van der Waals surface area contributed by atoms with E-state index in [-0.39, 0.29) is 18.3 Å². The second kappa shape index (κ2) is 9.79. The van der Waals surface area contributed by atoms with Gasteiger partial charge in [0.2, 0.25) is 11.8 Å². The first-order valence-electron chi connectivity index (χ1n) is 11.2. The van der Waals surface area contributed by atoms with Crippen LogP contribution in [0.2, 0.25) is 0 Å². The van der Waals surface area contributed by atoms with Crippen molar-refractivity contribution in [2.24, 2.45) is 5.73 Å². The Morgan fingerprint density at radius 3 is 2.47 bits per heavy atom. The van der Waals surface area contributed by atoms with Gasteiger partial charge in [-0.15, -0.1) is 0 Å². The summed E-state index contributed by atoms with van der Waals surface area (Å²) in [5, 5.41) is 9.40. The third-order valence-corrected chi connectivity index (χ3v) is 6.91. The van der Waals surface area contributed by atoms with E-state index in [1.807, 2.05) is 12.1 Å². The molecule has 0 aromatic heterocycles. The molecule has 1 unspecified atom stereocenters. The molecule has 7 heteroatoms. The Morgan fingerprint density at radius 1 is 1.09 bits per heavy atom. The van der Waals surface area contributed by atoms with E-state index in [0.717, 1.165) is 32.2 Å². The number of nitrogens with zero attached hydrogens (tertiary/aromatic N) is 2. The fraction of sp³-hybridized carbons (Fsp3) is 0.440. The fourth-order valence-corrected chi connectivity index (χ4v) is 5.34. The quantitative estimate of drug-likeness (QED) is 0.662. The van der Waals surface area contributed by atoms with Gasteiger partial charge in [0.25, 0.3) is 0 Å². The summed E-state index contributed by atoms with van der Waals surface area (Å²) in [6.07, 6.45) is 4.26. The first-order valence-corrected chi connectivity index (χ1v) is 11.2. The minimum Gasteiger partial charge on any atom is -0.387 e. The number of fused-ring (bicyclic) bond motifs is 2. The standard InChI is InChI=1S/C25H30FN3O3/c26-21-6-1-3-17(11-21)15-28(24(31)16-30)9-10-29-22-7-8-23(29)14-20(13-22)18-4-2-5-19(12-18)25(27)32/h1-6,11-12,20,22-23,30H,7-10,13-16H2,(H2,27,32)/t20?,22-,23+. The second-order valence-electron chi connectivity index (χ2n) is 8.88. The zero-order valence-corrected chi connectivity index (χ0v) is 18.1. The monoisotopic (exact) mass is 439 g/mol. The lowest BCUT2D eigenvalue weighted by atomic mass is 9.84. The van der Waals surface area contributed by atoms with Crippen LogP contribution in [-0.2, 0) is 11.3 Å². The smallest absolute Gasteiger partial charge is 0.248 e. The molecule has 3 N–H and O–H groups in total. The average Bonchev–Trinajstić information content (AvgIpc) is 3.02. The summed E-state index contributed by atoms with van der Waals surface area (Å²) in [5.41, 5.74) is 7.88. The summed E-state index contributed by atoms with van der Waals surface area (Å²) in [7, 11) is 0. The van der Waals surface area contributed by atoms with Crippen molar-refractivity contribution < 1.29 is 19.1 Å². The Kier molecular flexibility index (Phi) is 6.86. The van der Waals surface area contributed by atoms with Crippen LogP contribution in [0.5, 0.6) is 0 Å². The molecular formula is C25H30FN3O3. The van der Waals surface area contributed by atoms with Crippen LogP contribution >= 0.6 is 0 Å². The van der Waals surface area contributed by atoms with Crippen molar-refractivity contribution in [2.45, 2.75) is 50.2 Å². The minimum atomic E-state index is -0.555. The number of amides is 2. The van der Waals surface area contributed by atoms with Crippen LogP contribution in [0.25, 0.3) is 0 Å². The molecule has 0 saturated carbocycles. The van der Waals surface area contributed by atoms with Crippen LogP contribution in [0, 0.1) is 5.82 Å². The molecular weight excluding hydrogens is 409 g/mol. The lowest BCUT2D eigenvalue weighted by Gasteiger charge is -2.40. The van der Waals surface area contributed by atoms with Crippen LogP contribution in [0.1, 0.15) is 53.1 Å². The molecule has 2 heterocycles. The van der Waals surface area contributed by atoms with E-state index >= 15 is 0 Å². The number of hydrogen-bond acceptors (Lipinski definition) is 4. The van der Waals surface area contributed by atoms with Crippen molar-refractivity contribution in [3.8, 4) is 0 Å². The van der Waals surface area contributed by atoms with Crippen LogP contribution in [0.3, 0.4) is 0 Å². The molecule has 3 atom stereocenters. The van der Waals surface area contributed by atoms with Crippen LogP contribution < -0.4 is 5.73 Å². The van der Waals surface area contributed by atoms with Gasteiger partial charge < -0.3 is 15.7 Å². The molecule has 2 saturated heterocycles. The maximum Gasteiger partial charge on any atom is 0.248 e. The van der Waals surface area contributed by atoms with Gasteiger partial charge in [-0.1, -0.05) is 24.3 Å². The summed E-state index contributed by atoms with van der Waals surface area (Å²) >= 11 is 0. The molecule has 32 heavy (non-hydrogen) atoms. The molecule has 4 rings (SSSR count). The average molecular weight is 440 g/mol. The number of aliphatic hydroxyl groups excluding tert-OH is 1. The molecule has 2 bridgehead atoms. The summed E-state index contributed by atoms with van der Waals surface area (Å²) < 4.78 is 13.5. The van der Waals surface area contributed by atoms with Crippen molar-refractivity contribution in [3.05, 3.63) is 71.0 Å². The molecule has 2 aromatic carbocycles. The highest BCUT2D eigenvalue weighted by Gasteiger charge is 2.41. The maximum absolute atomic E-state index is 13.5. The molecule has 170 valence electrons. The van der Waals surface area contributed by atoms with E-state index in [0.29, 0.717) is 35.7 Å². The first kappa shape index (κ1) is 22.4. The molecule has 0 spiro atoms. The number of aliphatic hydroxyl groups is 1. The van der Waals surface area contributed by atoms with E-state index in [1.165, 1.54) is 17.7 Å². The van der Waals surface area contributed by atoms with Gasteiger partial charge in [0, 0.05) is 37.3 Å². The van der Waals surface area contributed by atoms with Gasteiger partial charge in [-0.3, -0.25) is 14.5 Å². The number of carbonyl (C=O) groups excluding carboxylic acids is 2. The van der Waals surface area contributed by atoms with Crippen molar-refractivity contribution >= 4 is 11.8 Å². The van der Waals surface area contributed by atoms with E-state index in [2.05, 4.69) is 11.0 Å². The third kappa shape index (κ3) is 5.00. The summed E-state index contributed by atoms with van der Waals surface area (Å²) in [4.78, 5) is 27.9. The van der Waals surface area contributed by atoms with Crippen molar-refractivity contribution in [2.75, 3.05) is 19.7 Å². The topological polar surface area (TPSA) is 86.9 Å². The zero-order chi connectivity index (χ0) is 22.7. The van der Waals surface area contributed by atoms with Crippen LogP contribution in [0.15, 0.2) is 48.5 Å². The molecule has 6 nitrogen and oxygen atoms in total. The molecule has 0 aliphatic carbocycles. The second-order valence-corrected chi connectivity index (χ2v) is 8.88. The Morgan fingerprint density at radius 2 is 1.81 bits per heavy atom. The summed E-state index contributed by atoms with van der Waals surface area (Å²) in [5.74, 6) is -0.691. The number of carbonyl (C=O) groups is 2. The van der Waals surface area contributed by atoms with Crippen LogP contribution in [0.4, 0.5) is 4.39 Å². The summed E-state index contributed by atoms with van der Waals surface area (Å²) in [6, 6.07) is 14.7. The normalized spacial score (nSPS) is 22.6. The molecule has 0 radical (unpaired) electrons. The lowest BCUT2D eigenvalue weighted by Crippen LogP contribution is -2.47. The van der Waals surface area contributed by atoms with Gasteiger partial charge >= 0.3 is 0 Å². The maximum atomic E-state index is 13.5. The lowest BCUT2D eigenvalue weighted by molar-refractivity contribution is -0.135. The van der Waals surface area contributed by atoms with Gasteiger partial charge in [0.15, 0.2) is 0 Å². The fourth-order valence-electron chi connectivity index (χ4n) is 5.34. The number of nitrogens with two attached hydrogens (primary N) is 1. The van der Waals surface area contributed by atoms with E-state index in [1.54, 1.807) is 23.1 Å².